The summed E-state index contributed by atoms with van der Waals surface area (Å²) in [5.41, 5.74) is 6.61. The SMILES string of the molecule is COc1ccc(Br)cc1N(C)Cc1nccc(N)n1. The van der Waals surface area contributed by atoms with E-state index < -0.39 is 0 Å². The molecule has 0 aliphatic rings. The first-order valence-electron chi connectivity index (χ1n) is 5.72. The Labute approximate surface area is 120 Å². The molecule has 0 aliphatic carbocycles. The summed E-state index contributed by atoms with van der Waals surface area (Å²) in [6.07, 6.45) is 1.66. The fraction of sp³-hybridized carbons (Fsp3) is 0.231. The molecule has 1 aromatic carbocycles. The van der Waals surface area contributed by atoms with Crippen molar-refractivity contribution >= 4 is 27.4 Å². The van der Waals surface area contributed by atoms with E-state index in [4.69, 9.17) is 10.5 Å². The number of methoxy groups -OCH3 is 1. The second-order valence-corrected chi connectivity index (χ2v) is 4.99. The summed E-state index contributed by atoms with van der Waals surface area (Å²) in [4.78, 5) is 10.4. The number of anilines is 2. The number of hydrogen-bond donors (Lipinski definition) is 1. The molecule has 1 aromatic heterocycles. The second kappa shape index (κ2) is 5.88. The molecule has 19 heavy (non-hydrogen) atoms. The summed E-state index contributed by atoms with van der Waals surface area (Å²) in [7, 11) is 3.61. The molecule has 2 aromatic rings. The Morgan fingerprint density at radius 2 is 2.16 bits per heavy atom. The van der Waals surface area contributed by atoms with Gasteiger partial charge in [-0.1, -0.05) is 15.9 Å². The Morgan fingerprint density at radius 3 is 2.84 bits per heavy atom. The van der Waals surface area contributed by atoms with E-state index in [-0.39, 0.29) is 0 Å². The molecule has 0 fully saturated rings. The highest BCUT2D eigenvalue weighted by molar-refractivity contribution is 9.10. The predicted molar refractivity (Wildman–Crippen MR) is 79.2 cm³/mol. The molecule has 0 unspecified atom stereocenters. The normalized spacial score (nSPS) is 10.3. The second-order valence-electron chi connectivity index (χ2n) is 4.07. The molecule has 0 saturated heterocycles. The zero-order valence-electron chi connectivity index (χ0n) is 10.8. The number of benzene rings is 1. The average molecular weight is 323 g/mol. The summed E-state index contributed by atoms with van der Waals surface area (Å²) in [6, 6.07) is 7.51. The van der Waals surface area contributed by atoms with Gasteiger partial charge in [0.2, 0.25) is 0 Å². The van der Waals surface area contributed by atoms with E-state index in [1.54, 1.807) is 19.4 Å². The van der Waals surface area contributed by atoms with Gasteiger partial charge in [-0.05, 0) is 24.3 Å². The van der Waals surface area contributed by atoms with Crippen LogP contribution in [0.2, 0.25) is 0 Å². The first kappa shape index (κ1) is 13.6. The minimum absolute atomic E-state index is 0.472. The molecule has 0 spiro atoms. The van der Waals surface area contributed by atoms with Crippen LogP contribution < -0.4 is 15.4 Å². The van der Waals surface area contributed by atoms with Crippen molar-refractivity contribution in [2.75, 3.05) is 24.8 Å². The summed E-state index contributed by atoms with van der Waals surface area (Å²) >= 11 is 3.46. The van der Waals surface area contributed by atoms with Crippen LogP contribution in [-0.2, 0) is 6.54 Å². The average Bonchev–Trinajstić information content (AvgIpc) is 2.38. The predicted octanol–water partition coefficient (Wildman–Crippen LogP) is 2.47. The molecule has 0 radical (unpaired) electrons. The molecule has 2 N–H and O–H groups in total. The maximum atomic E-state index is 5.65. The van der Waals surface area contributed by atoms with Gasteiger partial charge in [-0.2, -0.15) is 0 Å². The van der Waals surface area contributed by atoms with Gasteiger partial charge >= 0.3 is 0 Å². The van der Waals surface area contributed by atoms with Gasteiger partial charge in [0.1, 0.15) is 17.4 Å². The largest absolute Gasteiger partial charge is 0.495 e. The summed E-state index contributed by atoms with van der Waals surface area (Å²) < 4.78 is 6.34. The molecule has 100 valence electrons. The van der Waals surface area contributed by atoms with Crippen molar-refractivity contribution in [1.82, 2.24) is 9.97 Å². The molecule has 0 atom stereocenters. The number of nitrogens with two attached hydrogens (primary N) is 1. The first-order valence-corrected chi connectivity index (χ1v) is 6.51. The highest BCUT2D eigenvalue weighted by Crippen LogP contribution is 2.31. The van der Waals surface area contributed by atoms with Crippen molar-refractivity contribution in [3.05, 3.63) is 40.8 Å². The number of rotatable bonds is 4. The fourth-order valence-electron chi connectivity index (χ4n) is 1.75. The molecule has 2 rings (SSSR count). The lowest BCUT2D eigenvalue weighted by molar-refractivity contribution is 0.414. The number of hydrogen-bond acceptors (Lipinski definition) is 5. The topological polar surface area (TPSA) is 64.3 Å². The summed E-state index contributed by atoms with van der Waals surface area (Å²) in [5.74, 6) is 1.94. The number of nitrogen functional groups attached to an aromatic ring is 1. The quantitative estimate of drug-likeness (QED) is 0.936. The van der Waals surface area contributed by atoms with E-state index in [1.165, 1.54) is 0 Å². The third kappa shape index (κ3) is 3.35. The highest BCUT2D eigenvalue weighted by atomic mass is 79.9. The number of halogens is 1. The Hall–Kier alpha value is -1.82. The van der Waals surface area contributed by atoms with E-state index in [2.05, 4.69) is 25.9 Å². The summed E-state index contributed by atoms with van der Waals surface area (Å²) in [6.45, 7) is 0.553. The van der Waals surface area contributed by atoms with Crippen LogP contribution in [0.1, 0.15) is 5.82 Å². The Bertz CT molecular complexity index is 576. The Balaban J connectivity index is 2.24. The Morgan fingerprint density at radius 1 is 1.37 bits per heavy atom. The van der Waals surface area contributed by atoms with Gasteiger partial charge in [0.25, 0.3) is 0 Å². The number of aromatic nitrogens is 2. The van der Waals surface area contributed by atoms with Crippen molar-refractivity contribution in [1.29, 1.82) is 0 Å². The van der Waals surface area contributed by atoms with Gasteiger partial charge in [-0.3, -0.25) is 0 Å². The van der Waals surface area contributed by atoms with Gasteiger partial charge in [0.15, 0.2) is 0 Å². The van der Waals surface area contributed by atoms with Gasteiger partial charge in [-0.25, -0.2) is 9.97 Å². The molecule has 0 bridgehead atoms. The molecule has 5 nitrogen and oxygen atoms in total. The molecule has 0 amide bonds. The number of nitrogens with zero attached hydrogens (tertiary/aromatic N) is 3. The van der Waals surface area contributed by atoms with Crippen LogP contribution >= 0.6 is 15.9 Å². The first-order chi connectivity index (χ1) is 9.10. The van der Waals surface area contributed by atoms with Crippen LogP contribution in [0.15, 0.2) is 34.9 Å². The maximum Gasteiger partial charge on any atom is 0.149 e. The lowest BCUT2D eigenvalue weighted by Gasteiger charge is -2.21. The van der Waals surface area contributed by atoms with Crippen molar-refractivity contribution in [2.24, 2.45) is 0 Å². The minimum Gasteiger partial charge on any atom is -0.495 e. The van der Waals surface area contributed by atoms with Gasteiger partial charge in [-0.15, -0.1) is 0 Å². The molecule has 0 saturated carbocycles. The molecular formula is C13H15BrN4O. The molecule has 6 heteroatoms. The van der Waals surface area contributed by atoms with Gasteiger partial charge in [0, 0.05) is 17.7 Å². The van der Waals surface area contributed by atoms with Crippen LogP contribution in [-0.4, -0.2) is 24.1 Å². The van der Waals surface area contributed by atoms with E-state index in [0.717, 1.165) is 15.9 Å². The highest BCUT2D eigenvalue weighted by Gasteiger charge is 2.10. The van der Waals surface area contributed by atoms with E-state index in [9.17, 15) is 0 Å². The van der Waals surface area contributed by atoms with Gasteiger partial charge in [0.05, 0.1) is 19.3 Å². The zero-order chi connectivity index (χ0) is 13.8. The molecular weight excluding hydrogens is 308 g/mol. The van der Waals surface area contributed by atoms with Crippen LogP contribution in [0, 0.1) is 0 Å². The Kier molecular flexibility index (Phi) is 4.21. The fourth-order valence-corrected chi connectivity index (χ4v) is 2.10. The van der Waals surface area contributed by atoms with Crippen molar-refractivity contribution in [3.63, 3.8) is 0 Å². The summed E-state index contributed by atoms with van der Waals surface area (Å²) in [5, 5.41) is 0. The van der Waals surface area contributed by atoms with Crippen molar-refractivity contribution in [3.8, 4) is 5.75 Å². The lowest BCUT2D eigenvalue weighted by Crippen LogP contribution is -2.19. The van der Waals surface area contributed by atoms with E-state index in [0.29, 0.717) is 18.2 Å². The maximum absolute atomic E-state index is 5.65. The van der Waals surface area contributed by atoms with E-state index in [1.807, 2.05) is 30.1 Å². The monoisotopic (exact) mass is 322 g/mol. The van der Waals surface area contributed by atoms with Crippen LogP contribution in [0.3, 0.4) is 0 Å². The lowest BCUT2D eigenvalue weighted by atomic mass is 10.2. The smallest absolute Gasteiger partial charge is 0.149 e. The van der Waals surface area contributed by atoms with Crippen LogP contribution in [0.25, 0.3) is 0 Å². The van der Waals surface area contributed by atoms with Crippen molar-refractivity contribution in [2.45, 2.75) is 6.54 Å². The molecule has 1 heterocycles. The molecule has 0 aliphatic heterocycles. The van der Waals surface area contributed by atoms with Crippen LogP contribution in [0.4, 0.5) is 11.5 Å². The van der Waals surface area contributed by atoms with Crippen LogP contribution in [0.5, 0.6) is 5.75 Å². The third-order valence-electron chi connectivity index (χ3n) is 2.66. The number of ether oxygens (including phenoxy) is 1. The van der Waals surface area contributed by atoms with E-state index >= 15 is 0 Å². The van der Waals surface area contributed by atoms with Gasteiger partial charge < -0.3 is 15.4 Å². The van der Waals surface area contributed by atoms with Crippen molar-refractivity contribution < 1.29 is 4.74 Å². The minimum atomic E-state index is 0.472. The standard InChI is InChI=1S/C13H15BrN4O/c1-18(8-13-16-6-5-12(15)17-13)10-7-9(14)3-4-11(10)19-2/h3-7H,8H2,1-2H3,(H2,15,16,17). The third-order valence-corrected chi connectivity index (χ3v) is 3.15. The zero-order valence-corrected chi connectivity index (χ0v) is 12.4.